The van der Waals surface area contributed by atoms with Crippen LogP contribution in [-0.2, 0) is 26.1 Å². The highest BCUT2D eigenvalue weighted by Gasteiger charge is 2.12. The van der Waals surface area contributed by atoms with Crippen LogP contribution in [0.4, 0.5) is 0 Å². The molecule has 0 atom stereocenters. The fourth-order valence-corrected chi connectivity index (χ4v) is 3.30. The Balaban J connectivity index is 1.91. The SMILES string of the molecule is COc1ccc(Cc2cc(Cc3ccc(CO)cc3)c(CO)cc2OC)cc1. The summed E-state index contributed by atoms with van der Waals surface area (Å²) in [7, 11) is 3.31. The van der Waals surface area contributed by atoms with Gasteiger partial charge in [0, 0.05) is 6.42 Å². The molecular formula is C24H26O4. The summed E-state index contributed by atoms with van der Waals surface area (Å²) in [5.41, 5.74) is 6.19. The molecule has 4 nitrogen and oxygen atoms in total. The van der Waals surface area contributed by atoms with Crippen LogP contribution in [0.5, 0.6) is 11.5 Å². The molecule has 0 radical (unpaired) electrons. The predicted molar refractivity (Wildman–Crippen MR) is 110 cm³/mol. The van der Waals surface area contributed by atoms with Gasteiger partial charge in [0.25, 0.3) is 0 Å². The van der Waals surface area contributed by atoms with Crippen molar-refractivity contribution in [3.8, 4) is 11.5 Å². The highest BCUT2D eigenvalue weighted by atomic mass is 16.5. The van der Waals surface area contributed by atoms with Crippen LogP contribution >= 0.6 is 0 Å². The van der Waals surface area contributed by atoms with Crippen molar-refractivity contribution in [3.63, 3.8) is 0 Å². The average molecular weight is 378 g/mol. The minimum atomic E-state index is -0.0385. The highest BCUT2D eigenvalue weighted by molar-refractivity contribution is 5.47. The number of rotatable bonds is 8. The van der Waals surface area contributed by atoms with E-state index in [2.05, 4.69) is 6.07 Å². The van der Waals surface area contributed by atoms with Gasteiger partial charge in [0.05, 0.1) is 27.4 Å². The zero-order valence-electron chi connectivity index (χ0n) is 16.3. The second-order valence-electron chi connectivity index (χ2n) is 6.77. The molecule has 28 heavy (non-hydrogen) atoms. The average Bonchev–Trinajstić information content (AvgIpc) is 2.75. The van der Waals surface area contributed by atoms with Crippen LogP contribution in [0.15, 0.2) is 60.7 Å². The largest absolute Gasteiger partial charge is 0.497 e. The summed E-state index contributed by atoms with van der Waals surface area (Å²) in [6, 6.07) is 19.9. The normalized spacial score (nSPS) is 10.7. The topological polar surface area (TPSA) is 58.9 Å². The minimum Gasteiger partial charge on any atom is -0.497 e. The lowest BCUT2D eigenvalue weighted by Crippen LogP contribution is -2.02. The Morgan fingerprint density at radius 1 is 0.607 bits per heavy atom. The van der Waals surface area contributed by atoms with Gasteiger partial charge >= 0.3 is 0 Å². The van der Waals surface area contributed by atoms with Crippen molar-refractivity contribution in [2.45, 2.75) is 26.1 Å². The molecule has 0 bridgehead atoms. The number of aliphatic hydroxyl groups excluding tert-OH is 2. The molecule has 0 heterocycles. The summed E-state index contributed by atoms with van der Waals surface area (Å²) in [4.78, 5) is 0. The van der Waals surface area contributed by atoms with Gasteiger partial charge in [-0.25, -0.2) is 0 Å². The van der Waals surface area contributed by atoms with Crippen LogP contribution in [0.25, 0.3) is 0 Å². The molecule has 0 aliphatic carbocycles. The summed E-state index contributed by atoms with van der Waals surface area (Å²) in [5.74, 6) is 1.61. The quantitative estimate of drug-likeness (QED) is 0.625. The summed E-state index contributed by atoms with van der Waals surface area (Å²) >= 11 is 0. The lowest BCUT2D eigenvalue weighted by atomic mass is 9.94. The van der Waals surface area contributed by atoms with Gasteiger partial charge in [-0.15, -0.1) is 0 Å². The van der Waals surface area contributed by atoms with Crippen LogP contribution in [0.3, 0.4) is 0 Å². The van der Waals surface area contributed by atoms with E-state index in [1.165, 1.54) is 0 Å². The summed E-state index contributed by atoms with van der Waals surface area (Å²) in [6.07, 6.45) is 1.44. The van der Waals surface area contributed by atoms with Crippen molar-refractivity contribution in [2.75, 3.05) is 14.2 Å². The molecule has 3 aromatic rings. The van der Waals surface area contributed by atoms with E-state index >= 15 is 0 Å². The number of methoxy groups -OCH3 is 2. The number of hydrogen-bond donors (Lipinski definition) is 2. The van der Waals surface area contributed by atoms with Crippen molar-refractivity contribution in [2.24, 2.45) is 0 Å². The summed E-state index contributed by atoms with van der Waals surface area (Å²) in [6.45, 7) is -0.0000517. The molecule has 0 saturated heterocycles. The van der Waals surface area contributed by atoms with Crippen LogP contribution in [0, 0.1) is 0 Å². The van der Waals surface area contributed by atoms with Crippen LogP contribution in [-0.4, -0.2) is 24.4 Å². The lowest BCUT2D eigenvalue weighted by molar-refractivity contribution is 0.280. The maximum atomic E-state index is 9.83. The standard InChI is InChI=1S/C24H26O4/c1-27-23-9-7-18(8-10-23)12-21-13-20(22(16-26)14-24(21)28-2)11-17-3-5-19(15-25)6-4-17/h3-10,13-14,25-26H,11-12,15-16H2,1-2H3. The fourth-order valence-electron chi connectivity index (χ4n) is 3.30. The Bertz CT molecular complexity index is 826. The number of benzene rings is 3. The van der Waals surface area contributed by atoms with E-state index in [9.17, 15) is 10.2 Å². The molecule has 0 unspecified atom stereocenters. The van der Waals surface area contributed by atoms with E-state index in [0.717, 1.165) is 51.3 Å². The van der Waals surface area contributed by atoms with E-state index < -0.39 is 0 Å². The first kappa shape index (κ1) is 19.9. The van der Waals surface area contributed by atoms with E-state index in [4.69, 9.17) is 9.47 Å². The van der Waals surface area contributed by atoms with Crippen molar-refractivity contribution in [1.82, 2.24) is 0 Å². The van der Waals surface area contributed by atoms with Gasteiger partial charge in [0.2, 0.25) is 0 Å². The molecule has 2 N–H and O–H groups in total. The lowest BCUT2D eigenvalue weighted by Gasteiger charge is -2.15. The maximum Gasteiger partial charge on any atom is 0.122 e. The van der Waals surface area contributed by atoms with Gasteiger partial charge in [0.1, 0.15) is 11.5 Å². The van der Waals surface area contributed by atoms with Gasteiger partial charge in [-0.2, -0.15) is 0 Å². The van der Waals surface area contributed by atoms with Crippen LogP contribution in [0.1, 0.15) is 33.4 Å². The second kappa shape index (κ2) is 9.40. The molecule has 0 aliphatic rings. The minimum absolute atomic E-state index is 0.0384. The molecule has 0 aliphatic heterocycles. The molecule has 0 saturated carbocycles. The van der Waals surface area contributed by atoms with Gasteiger partial charge in [-0.05, 0) is 58.0 Å². The van der Waals surface area contributed by atoms with Gasteiger partial charge in [0.15, 0.2) is 0 Å². The second-order valence-corrected chi connectivity index (χ2v) is 6.77. The number of hydrogen-bond acceptors (Lipinski definition) is 4. The Kier molecular flexibility index (Phi) is 6.69. The number of ether oxygens (including phenoxy) is 2. The Morgan fingerprint density at radius 3 is 1.71 bits per heavy atom. The van der Waals surface area contributed by atoms with Gasteiger partial charge in [-0.1, -0.05) is 42.5 Å². The third-order valence-electron chi connectivity index (χ3n) is 4.93. The first-order chi connectivity index (χ1) is 13.7. The first-order valence-corrected chi connectivity index (χ1v) is 9.28. The first-order valence-electron chi connectivity index (χ1n) is 9.28. The molecule has 0 aromatic heterocycles. The van der Waals surface area contributed by atoms with Crippen LogP contribution in [0.2, 0.25) is 0 Å². The summed E-state index contributed by atoms with van der Waals surface area (Å²) in [5, 5.41) is 19.0. The maximum absolute atomic E-state index is 9.83. The van der Waals surface area contributed by atoms with E-state index in [0.29, 0.717) is 6.42 Å². The van der Waals surface area contributed by atoms with Crippen molar-refractivity contribution >= 4 is 0 Å². The smallest absolute Gasteiger partial charge is 0.122 e. The molecule has 0 amide bonds. The van der Waals surface area contributed by atoms with E-state index in [1.807, 2.05) is 54.6 Å². The molecular weight excluding hydrogens is 352 g/mol. The Morgan fingerprint density at radius 2 is 1.18 bits per heavy atom. The zero-order chi connectivity index (χ0) is 19.9. The van der Waals surface area contributed by atoms with Gasteiger partial charge in [-0.3, -0.25) is 0 Å². The molecule has 0 fully saturated rings. The highest BCUT2D eigenvalue weighted by Crippen LogP contribution is 2.28. The van der Waals surface area contributed by atoms with Crippen molar-refractivity contribution < 1.29 is 19.7 Å². The molecule has 3 aromatic carbocycles. The predicted octanol–water partition coefficient (Wildman–Crippen LogP) is 3.87. The molecule has 4 heteroatoms. The zero-order valence-corrected chi connectivity index (χ0v) is 16.3. The molecule has 146 valence electrons. The van der Waals surface area contributed by atoms with Crippen molar-refractivity contribution in [1.29, 1.82) is 0 Å². The molecule has 3 rings (SSSR count). The van der Waals surface area contributed by atoms with E-state index in [1.54, 1.807) is 14.2 Å². The summed E-state index contributed by atoms with van der Waals surface area (Å²) < 4.78 is 10.8. The fraction of sp³-hybridized carbons (Fsp3) is 0.250. The third-order valence-corrected chi connectivity index (χ3v) is 4.93. The Labute approximate surface area is 166 Å². The van der Waals surface area contributed by atoms with E-state index in [-0.39, 0.29) is 13.2 Å². The van der Waals surface area contributed by atoms with Gasteiger partial charge < -0.3 is 19.7 Å². The van der Waals surface area contributed by atoms with Crippen LogP contribution < -0.4 is 9.47 Å². The number of aliphatic hydroxyl groups is 2. The van der Waals surface area contributed by atoms with Crippen molar-refractivity contribution in [3.05, 3.63) is 94.0 Å². The Hall–Kier alpha value is -2.82. The molecule has 0 spiro atoms. The monoisotopic (exact) mass is 378 g/mol. The third kappa shape index (κ3) is 4.71.